The number of carbonyl (C=O) groups is 1. The van der Waals surface area contributed by atoms with Crippen molar-refractivity contribution in [2.24, 2.45) is 5.92 Å². The molecule has 0 heterocycles. The second-order valence-corrected chi connectivity index (χ2v) is 3.36. The lowest BCUT2D eigenvalue weighted by Gasteiger charge is -2.40. The highest BCUT2D eigenvalue weighted by atomic mass is 16.3. The van der Waals surface area contributed by atoms with Gasteiger partial charge in [0.15, 0.2) is 0 Å². The average molecular weight is 139 g/mol. The molecule has 0 aromatic carbocycles. The summed E-state index contributed by atoms with van der Waals surface area (Å²) in [4.78, 5) is 10.6. The Morgan fingerprint density at radius 1 is 1.20 bits per heavy atom. The fraction of sp³-hybridized carbons (Fsp3) is 0.750. The van der Waals surface area contributed by atoms with Gasteiger partial charge >= 0.3 is 0 Å². The van der Waals surface area contributed by atoms with Crippen molar-refractivity contribution in [3.05, 3.63) is 5.92 Å². The molecule has 0 spiro atoms. The monoisotopic (exact) mass is 139 g/mol. The third-order valence-corrected chi connectivity index (χ3v) is 2.52. The van der Waals surface area contributed by atoms with E-state index in [2.05, 4.69) is 0 Å². The lowest BCUT2D eigenvalue weighted by molar-refractivity contribution is -0.127. The summed E-state index contributed by atoms with van der Waals surface area (Å²) in [6, 6.07) is 0. The first-order chi connectivity index (χ1) is 4.75. The van der Waals surface area contributed by atoms with E-state index < -0.39 is 0 Å². The summed E-state index contributed by atoms with van der Waals surface area (Å²) in [7, 11) is 0. The second-order valence-electron chi connectivity index (χ2n) is 3.36. The van der Waals surface area contributed by atoms with E-state index in [1.807, 2.05) is 0 Å². The summed E-state index contributed by atoms with van der Waals surface area (Å²) in [6.07, 6.45) is 3.13. The molecule has 2 fully saturated rings. The molecule has 2 aliphatic rings. The maximum atomic E-state index is 10.6. The third kappa shape index (κ3) is 0.870. The molecule has 0 bridgehead atoms. The highest BCUT2D eigenvalue weighted by molar-refractivity contribution is 5.85. The van der Waals surface area contributed by atoms with Crippen LogP contribution in [0.3, 0.4) is 0 Å². The van der Waals surface area contributed by atoms with Crippen LogP contribution in [0, 0.1) is 11.8 Å². The number of carbonyl (C=O) groups excluding carboxylic acids is 1. The fourth-order valence-electron chi connectivity index (χ4n) is 1.66. The first-order valence-electron chi connectivity index (χ1n) is 3.80. The van der Waals surface area contributed by atoms with E-state index in [9.17, 15) is 4.79 Å². The van der Waals surface area contributed by atoms with Crippen LogP contribution in [0.1, 0.15) is 25.7 Å². The number of aliphatic hydroxyl groups is 1. The van der Waals surface area contributed by atoms with Gasteiger partial charge in [0.2, 0.25) is 0 Å². The number of hydrogen-bond acceptors (Lipinski definition) is 2. The molecule has 10 heavy (non-hydrogen) atoms. The predicted octanol–water partition coefficient (Wildman–Crippen LogP) is 0.695. The summed E-state index contributed by atoms with van der Waals surface area (Å²) in [6.45, 7) is 0. The molecular weight excluding hydrogens is 128 g/mol. The van der Waals surface area contributed by atoms with Crippen LogP contribution in [-0.2, 0) is 4.79 Å². The average Bonchev–Trinajstić information content (AvgIpc) is 1.74. The van der Waals surface area contributed by atoms with Gasteiger partial charge in [0.05, 0.1) is 6.10 Å². The van der Waals surface area contributed by atoms with Crippen LogP contribution in [0.25, 0.3) is 0 Å². The Labute approximate surface area is 60.2 Å². The van der Waals surface area contributed by atoms with Crippen LogP contribution in [0.5, 0.6) is 0 Å². The summed E-state index contributed by atoms with van der Waals surface area (Å²) < 4.78 is 0. The van der Waals surface area contributed by atoms with E-state index in [-0.39, 0.29) is 6.10 Å². The van der Waals surface area contributed by atoms with Crippen molar-refractivity contribution in [2.45, 2.75) is 31.8 Å². The maximum Gasteiger partial charge on any atom is 0.133 e. The molecule has 0 amide bonds. The molecule has 1 N–H and O–H groups in total. The first-order valence-corrected chi connectivity index (χ1v) is 3.80. The molecule has 0 atom stereocenters. The lowest BCUT2D eigenvalue weighted by atomic mass is 9.65. The molecule has 2 rings (SSSR count). The lowest BCUT2D eigenvalue weighted by Crippen LogP contribution is -2.38. The predicted molar refractivity (Wildman–Crippen MR) is 36.2 cm³/mol. The molecule has 2 nitrogen and oxygen atoms in total. The molecule has 0 unspecified atom stereocenters. The standard InChI is InChI=1S/C8H11O2/c9-7-1-5(2-7)6-3-8(10)4-6/h5,8,10H,1-4H2. The zero-order valence-electron chi connectivity index (χ0n) is 5.84. The summed E-state index contributed by atoms with van der Waals surface area (Å²) in [5.74, 6) is 2.36. The van der Waals surface area contributed by atoms with Gasteiger partial charge in [-0.25, -0.2) is 0 Å². The van der Waals surface area contributed by atoms with Crippen molar-refractivity contribution in [2.75, 3.05) is 0 Å². The minimum absolute atomic E-state index is 0.0919. The van der Waals surface area contributed by atoms with Gasteiger partial charge in [0.25, 0.3) is 0 Å². The minimum Gasteiger partial charge on any atom is -0.393 e. The van der Waals surface area contributed by atoms with Gasteiger partial charge in [-0.2, -0.15) is 0 Å². The Bertz CT molecular complexity index is 151. The summed E-state index contributed by atoms with van der Waals surface area (Å²) >= 11 is 0. The Morgan fingerprint density at radius 3 is 2.20 bits per heavy atom. The van der Waals surface area contributed by atoms with E-state index in [0.717, 1.165) is 25.7 Å². The van der Waals surface area contributed by atoms with Crippen molar-refractivity contribution in [3.63, 3.8) is 0 Å². The van der Waals surface area contributed by atoms with E-state index in [1.165, 1.54) is 5.92 Å². The normalized spacial score (nSPS) is 29.9. The van der Waals surface area contributed by atoms with Gasteiger partial charge < -0.3 is 5.11 Å². The van der Waals surface area contributed by atoms with Gasteiger partial charge in [0.1, 0.15) is 5.78 Å². The summed E-state index contributed by atoms with van der Waals surface area (Å²) in [5.41, 5.74) is 0. The Balaban J connectivity index is 1.77. The van der Waals surface area contributed by atoms with E-state index >= 15 is 0 Å². The molecular formula is C8H11O2. The van der Waals surface area contributed by atoms with E-state index in [1.54, 1.807) is 0 Å². The number of aliphatic hydroxyl groups excluding tert-OH is 1. The van der Waals surface area contributed by atoms with Gasteiger partial charge in [-0.3, -0.25) is 4.79 Å². The molecule has 2 aliphatic carbocycles. The Hall–Kier alpha value is -0.370. The van der Waals surface area contributed by atoms with Gasteiger partial charge in [-0.15, -0.1) is 0 Å². The number of Topliss-reactive ketones (excluding diaryl/α,β-unsaturated/α-hetero) is 1. The van der Waals surface area contributed by atoms with Gasteiger partial charge in [-0.1, -0.05) is 0 Å². The maximum absolute atomic E-state index is 10.6. The number of hydrogen-bond donors (Lipinski definition) is 1. The highest BCUT2D eigenvalue weighted by Crippen LogP contribution is 2.43. The Kier molecular flexibility index (Phi) is 1.31. The highest BCUT2D eigenvalue weighted by Gasteiger charge is 2.40. The van der Waals surface area contributed by atoms with Crippen molar-refractivity contribution in [1.82, 2.24) is 0 Å². The zero-order chi connectivity index (χ0) is 7.14. The molecule has 1 radical (unpaired) electrons. The minimum atomic E-state index is -0.0919. The Morgan fingerprint density at radius 2 is 1.80 bits per heavy atom. The van der Waals surface area contributed by atoms with Crippen molar-refractivity contribution < 1.29 is 9.90 Å². The van der Waals surface area contributed by atoms with Crippen molar-refractivity contribution in [3.8, 4) is 0 Å². The number of rotatable bonds is 1. The van der Waals surface area contributed by atoms with Crippen molar-refractivity contribution >= 4 is 5.78 Å². The van der Waals surface area contributed by atoms with Crippen LogP contribution >= 0.6 is 0 Å². The molecule has 55 valence electrons. The molecule has 2 saturated carbocycles. The van der Waals surface area contributed by atoms with Crippen LogP contribution in [-0.4, -0.2) is 17.0 Å². The van der Waals surface area contributed by atoms with Crippen LogP contribution in [0.2, 0.25) is 0 Å². The largest absolute Gasteiger partial charge is 0.393 e. The molecule has 0 aromatic rings. The summed E-state index contributed by atoms with van der Waals surface area (Å²) in [5, 5.41) is 8.95. The fourth-order valence-corrected chi connectivity index (χ4v) is 1.66. The molecule has 0 aliphatic heterocycles. The second kappa shape index (κ2) is 2.06. The molecule has 0 aromatic heterocycles. The van der Waals surface area contributed by atoms with Crippen LogP contribution in [0.15, 0.2) is 0 Å². The quantitative estimate of drug-likeness (QED) is 0.580. The van der Waals surface area contributed by atoms with Gasteiger partial charge in [0, 0.05) is 12.8 Å². The van der Waals surface area contributed by atoms with Crippen LogP contribution in [0.4, 0.5) is 0 Å². The topological polar surface area (TPSA) is 37.3 Å². The number of ketones is 1. The van der Waals surface area contributed by atoms with E-state index in [4.69, 9.17) is 5.11 Å². The van der Waals surface area contributed by atoms with Crippen molar-refractivity contribution in [1.29, 1.82) is 0 Å². The molecule has 2 heteroatoms. The first kappa shape index (κ1) is 6.35. The van der Waals surface area contributed by atoms with E-state index in [0.29, 0.717) is 11.7 Å². The smallest absolute Gasteiger partial charge is 0.133 e. The molecule has 0 saturated heterocycles. The third-order valence-electron chi connectivity index (χ3n) is 2.52. The SMILES string of the molecule is O=C1CC([C]2CC(O)C2)C1. The zero-order valence-corrected chi connectivity index (χ0v) is 5.84. The van der Waals surface area contributed by atoms with Gasteiger partial charge in [-0.05, 0) is 24.7 Å². The van der Waals surface area contributed by atoms with Crippen LogP contribution < -0.4 is 0 Å².